The molecule has 0 saturated heterocycles. The number of hydrogen-bond donors (Lipinski definition) is 3. The summed E-state index contributed by atoms with van der Waals surface area (Å²) in [6, 6.07) is 11.0. The van der Waals surface area contributed by atoms with Crippen LogP contribution in [0.3, 0.4) is 0 Å². The van der Waals surface area contributed by atoms with Crippen LogP contribution in [0.4, 0.5) is 14.9 Å². The van der Waals surface area contributed by atoms with Gasteiger partial charge >= 0.3 is 6.03 Å². The summed E-state index contributed by atoms with van der Waals surface area (Å²) in [7, 11) is 5.07. The number of nitrogens with one attached hydrogen (secondary N) is 3. The number of ether oxygens (including phenoxy) is 1. The van der Waals surface area contributed by atoms with E-state index in [2.05, 4.69) is 15.5 Å². The van der Waals surface area contributed by atoms with Crippen LogP contribution in [0.25, 0.3) is 11.1 Å². The van der Waals surface area contributed by atoms with Crippen molar-refractivity contribution in [3.8, 4) is 16.9 Å². The Bertz CT molecular complexity index is 1030. The molecule has 0 spiro atoms. The van der Waals surface area contributed by atoms with Gasteiger partial charge in [-0.05, 0) is 49.5 Å². The van der Waals surface area contributed by atoms with Crippen LogP contribution in [0.2, 0.25) is 0 Å². The minimum Gasteiger partial charge on any atom is -0.497 e. The Morgan fingerprint density at radius 3 is 2.55 bits per heavy atom. The van der Waals surface area contributed by atoms with E-state index in [4.69, 9.17) is 10.1 Å². The number of aromatic amines is 1. The molecule has 0 aliphatic rings. The van der Waals surface area contributed by atoms with Crippen LogP contribution in [0, 0.1) is 11.2 Å². The Balaban J connectivity index is 1.79. The number of benzene rings is 2. The van der Waals surface area contributed by atoms with E-state index in [0.717, 1.165) is 11.1 Å². The smallest absolute Gasteiger partial charge is 0.327 e. The molecule has 31 heavy (non-hydrogen) atoms. The molecule has 0 saturated carbocycles. The lowest BCUT2D eigenvalue weighted by Crippen LogP contribution is -2.43. The third kappa shape index (κ3) is 5.89. The van der Waals surface area contributed by atoms with E-state index in [-0.39, 0.29) is 18.9 Å². The van der Waals surface area contributed by atoms with Crippen molar-refractivity contribution < 1.29 is 13.9 Å². The van der Waals surface area contributed by atoms with Crippen LogP contribution in [-0.2, 0) is 6.54 Å². The van der Waals surface area contributed by atoms with E-state index in [1.54, 1.807) is 35.5 Å². The van der Waals surface area contributed by atoms with Gasteiger partial charge in [-0.3, -0.25) is 15.4 Å². The van der Waals surface area contributed by atoms with Crippen molar-refractivity contribution in [2.45, 2.75) is 6.54 Å². The van der Waals surface area contributed by atoms with E-state index >= 15 is 0 Å². The molecule has 1 aromatic heterocycles. The highest BCUT2D eigenvalue weighted by molar-refractivity contribution is 6.02. The molecule has 0 bridgehead atoms. The van der Waals surface area contributed by atoms with E-state index < -0.39 is 11.8 Å². The Morgan fingerprint density at radius 2 is 1.94 bits per heavy atom. The molecule has 0 radical (unpaired) electrons. The van der Waals surface area contributed by atoms with Crippen LogP contribution in [0.1, 0.15) is 5.56 Å². The zero-order valence-corrected chi connectivity index (χ0v) is 17.6. The normalized spacial score (nSPS) is 10.7. The molecular weight excluding hydrogens is 399 g/mol. The van der Waals surface area contributed by atoms with E-state index in [9.17, 15) is 9.18 Å². The Labute approximate surface area is 180 Å². The van der Waals surface area contributed by atoms with Crippen LogP contribution < -0.4 is 10.1 Å². The Morgan fingerprint density at radius 1 is 1.19 bits per heavy atom. The standard InChI is InChI=1S/C22H25FN6O2/c1-28(2)14-21(24)29(13-15-8-18(23)10-20(9-15)31-3)22(30)27-19-6-4-16(5-7-19)17-11-25-26-12-17/h4-12,24H,13-14H2,1-3H3,(H,25,26)(H,27,30). The van der Waals surface area contributed by atoms with Crippen molar-refractivity contribution in [2.75, 3.05) is 33.1 Å². The number of rotatable bonds is 7. The fourth-order valence-electron chi connectivity index (χ4n) is 3.03. The summed E-state index contributed by atoms with van der Waals surface area (Å²) in [6.45, 7) is 0.277. The molecule has 3 aromatic rings. The molecule has 8 nitrogen and oxygen atoms in total. The quantitative estimate of drug-likeness (QED) is 0.397. The van der Waals surface area contributed by atoms with E-state index in [0.29, 0.717) is 17.0 Å². The van der Waals surface area contributed by atoms with Gasteiger partial charge in [0.05, 0.1) is 26.4 Å². The molecule has 162 valence electrons. The summed E-state index contributed by atoms with van der Waals surface area (Å²) in [5.41, 5.74) is 2.99. The molecule has 0 atom stereocenters. The van der Waals surface area contributed by atoms with Gasteiger partial charge in [-0.25, -0.2) is 9.18 Å². The SMILES string of the molecule is COc1cc(F)cc(CN(C(=N)CN(C)C)C(=O)Nc2ccc(-c3cn[nH]c3)cc2)c1. The monoisotopic (exact) mass is 424 g/mol. The molecule has 2 aromatic carbocycles. The number of methoxy groups -OCH3 is 1. The number of H-pyrrole nitrogens is 1. The average molecular weight is 424 g/mol. The number of amidine groups is 1. The molecule has 1 heterocycles. The molecule has 0 aliphatic carbocycles. The maximum absolute atomic E-state index is 13.9. The lowest BCUT2D eigenvalue weighted by Gasteiger charge is -2.25. The number of aromatic nitrogens is 2. The van der Waals surface area contributed by atoms with Crippen LogP contribution in [0.15, 0.2) is 54.9 Å². The predicted molar refractivity (Wildman–Crippen MR) is 118 cm³/mol. The van der Waals surface area contributed by atoms with Gasteiger partial charge in [-0.15, -0.1) is 0 Å². The number of urea groups is 1. The van der Waals surface area contributed by atoms with Gasteiger partial charge in [0.15, 0.2) is 0 Å². The Hall–Kier alpha value is -3.72. The summed E-state index contributed by atoms with van der Waals surface area (Å²) in [6.07, 6.45) is 3.50. The number of nitrogens with zero attached hydrogens (tertiary/aromatic N) is 3. The van der Waals surface area contributed by atoms with Crippen molar-refractivity contribution in [1.29, 1.82) is 5.41 Å². The molecule has 0 unspecified atom stereocenters. The maximum atomic E-state index is 13.9. The van der Waals surface area contributed by atoms with Crippen molar-refractivity contribution in [1.82, 2.24) is 20.0 Å². The topological polar surface area (TPSA) is 97.3 Å². The van der Waals surface area contributed by atoms with Gasteiger partial charge in [0.1, 0.15) is 17.4 Å². The first-order valence-electron chi connectivity index (χ1n) is 9.59. The van der Waals surface area contributed by atoms with Crippen LogP contribution in [-0.4, -0.2) is 59.6 Å². The summed E-state index contributed by atoms with van der Waals surface area (Å²) in [4.78, 5) is 16.1. The van der Waals surface area contributed by atoms with Crippen molar-refractivity contribution in [2.24, 2.45) is 0 Å². The van der Waals surface area contributed by atoms with Gasteiger partial charge in [0.25, 0.3) is 0 Å². The number of halogens is 1. The number of anilines is 1. The maximum Gasteiger partial charge on any atom is 0.327 e. The third-order valence-corrected chi connectivity index (χ3v) is 4.51. The zero-order valence-electron chi connectivity index (χ0n) is 17.6. The van der Waals surface area contributed by atoms with Crippen LogP contribution in [0.5, 0.6) is 5.75 Å². The first-order chi connectivity index (χ1) is 14.9. The molecule has 3 rings (SSSR count). The third-order valence-electron chi connectivity index (χ3n) is 4.51. The van der Waals surface area contributed by atoms with Crippen LogP contribution >= 0.6 is 0 Å². The fraction of sp³-hybridized carbons (Fsp3) is 0.227. The van der Waals surface area contributed by atoms with Crippen molar-refractivity contribution in [3.05, 3.63) is 66.2 Å². The number of carbonyl (C=O) groups is 1. The first-order valence-corrected chi connectivity index (χ1v) is 9.59. The summed E-state index contributed by atoms with van der Waals surface area (Å²) in [5.74, 6) is -0.0336. The van der Waals surface area contributed by atoms with Crippen molar-refractivity contribution in [3.63, 3.8) is 0 Å². The number of likely N-dealkylation sites (N-methyl/N-ethyl adjacent to an activating group) is 1. The number of carbonyl (C=O) groups excluding carboxylic acids is 1. The molecule has 2 amide bonds. The lowest BCUT2D eigenvalue weighted by atomic mass is 10.1. The van der Waals surface area contributed by atoms with Gasteiger partial charge < -0.3 is 15.0 Å². The highest BCUT2D eigenvalue weighted by atomic mass is 19.1. The zero-order chi connectivity index (χ0) is 22.4. The minimum atomic E-state index is -0.480. The van der Waals surface area contributed by atoms with Gasteiger partial charge in [0.2, 0.25) is 0 Å². The fourth-order valence-corrected chi connectivity index (χ4v) is 3.03. The van der Waals surface area contributed by atoms with E-state index in [1.807, 2.05) is 26.2 Å². The van der Waals surface area contributed by atoms with Crippen molar-refractivity contribution >= 4 is 17.6 Å². The number of hydrogen-bond acceptors (Lipinski definition) is 5. The highest BCUT2D eigenvalue weighted by Crippen LogP contribution is 2.21. The lowest BCUT2D eigenvalue weighted by molar-refractivity contribution is 0.230. The minimum absolute atomic E-state index is 0.0275. The second kappa shape index (κ2) is 9.86. The van der Waals surface area contributed by atoms with Gasteiger partial charge in [-0.1, -0.05) is 12.1 Å². The summed E-state index contributed by atoms with van der Waals surface area (Å²) >= 11 is 0. The van der Waals surface area contributed by atoms with Gasteiger partial charge in [-0.2, -0.15) is 5.10 Å². The van der Waals surface area contributed by atoms with Gasteiger partial charge in [0, 0.05) is 23.5 Å². The largest absolute Gasteiger partial charge is 0.497 e. The first kappa shape index (κ1) is 22.0. The molecule has 0 fully saturated rings. The molecule has 3 N–H and O–H groups in total. The average Bonchev–Trinajstić information content (AvgIpc) is 3.26. The second-order valence-electron chi connectivity index (χ2n) is 7.26. The van der Waals surface area contributed by atoms with E-state index in [1.165, 1.54) is 24.1 Å². The molecule has 9 heteroatoms. The predicted octanol–water partition coefficient (Wildman–Crippen LogP) is 3.80. The molecular formula is C22H25FN6O2. The summed E-state index contributed by atoms with van der Waals surface area (Å²) in [5, 5.41) is 17.9. The number of amides is 2. The molecule has 0 aliphatic heterocycles. The highest BCUT2D eigenvalue weighted by Gasteiger charge is 2.20. The Kier molecular flexibility index (Phi) is 6.99. The second-order valence-corrected chi connectivity index (χ2v) is 7.26. The summed E-state index contributed by atoms with van der Waals surface area (Å²) < 4.78 is 19.0.